The molecule has 4 rings (SSSR count). The zero-order chi connectivity index (χ0) is 16.2. The Morgan fingerprint density at radius 2 is 1.65 bits per heavy atom. The Morgan fingerprint density at radius 1 is 0.913 bits per heavy atom. The van der Waals surface area contributed by atoms with Crippen molar-refractivity contribution in [2.45, 2.75) is 51.7 Å². The molecule has 0 saturated heterocycles. The fourth-order valence-electron chi connectivity index (χ4n) is 3.82. The van der Waals surface area contributed by atoms with Crippen LogP contribution < -0.4 is 4.74 Å². The minimum Gasteiger partial charge on any atom is -0.487 e. The van der Waals surface area contributed by atoms with Gasteiger partial charge in [-0.1, -0.05) is 36.4 Å². The quantitative estimate of drug-likeness (QED) is 0.756. The van der Waals surface area contributed by atoms with Crippen LogP contribution in [0.3, 0.4) is 0 Å². The van der Waals surface area contributed by atoms with Crippen LogP contribution in [-0.2, 0) is 12.8 Å². The Labute approximate surface area is 138 Å². The van der Waals surface area contributed by atoms with Gasteiger partial charge >= 0.3 is 0 Å². The molecule has 2 aromatic rings. The fraction of sp³-hybridized carbons (Fsp3) is 0.381. The van der Waals surface area contributed by atoms with E-state index in [1.54, 1.807) is 0 Å². The molecule has 0 amide bonds. The predicted octanol–water partition coefficient (Wildman–Crippen LogP) is 4.57. The maximum absolute atomic E-state index is 6.14. The second kappa shape index (κ2) is 4.70. The number of hydrogen-bond donors (Lipinski definition) is 0. The summed E-state index contributed by atoms with van der Waals surface area (Å²) in [7, 11) is 0. The highest BCUT2D eigenvalue weighted by Gasteiger charge is 2.37. The molecule has 23 heavy (non-hydrogen) atoms. The molecule has 0 radical (unpaired) electrons. The van der Waals surface area contributed by atoms with E-state index < -0.39 is 0 Å². The monoisotopic (exact) mass is 305 g/mol. The van der Waals surface area contributed by atoms with Crippen molar-refractivity contribution in [2.24, 2.45) is 4.99 Å². The van der Waals surface area contributed by atoms with Gasteiger partial charge in [0.25, 0.3) is 0 Å². The molecule has 0 fully saturated rings. The average Bonchev–Trinajstić information content (AvgIpc) is 2.80. The molecule has 0 atom stereocenters. The Morgan fingerprint density at radius 3 is 2.39 bits per heavy atom. The van der Waals surface area contributed by atoms with Gasteiger partial charge in [-0.2, -0.15) is 0 Å². The first kappa shape index (κ1) is 14.5. The van der Waals surface area contributed by atoms with Crippen molar-refractivity contribution in [3.63, 3.8) is 0 Å². The number of nitrogens with zero attached hydrogens (tertiary/aromatic N) is 1. The van der Waals surface area contributed by atoms with E-state index in [0.717, 1.165) is 24.3 Å². The first-order valence-electron chi connectivity index (χ1n) is 8.34. The van der Waals surface area contributed by atoms with Crippen molar-refractivity contribution < 1.29 is 4.74 Å². The lowest BCUT2D eigenvalue weighted by Crippen LogP contribution is -2.30. The molecule has 0 bridgehead atoms. The maximum Gasteiger partial charge on any atom is 0.124 e. The first-order valence-corrected chi connectivity index (χ1v) is 8.34. The molecule has 0 saturated carbocycles. The van der Waals surface area contributed by atoms with Crippen molar-refractivity contribution in [1.29, 1.82) is 0 Å². The third-order valence-corrected chi connectivity index (χ3v) is 4.67. The summed E-state index contributed by atoms with van der Waals surface area (Å²) in [5.41, 5.74) is 6.14. The van der Waals surface area contributed by atoms with E-state index in [1.807, 2.05) is 0 Å². The first-order chi connectivity index (χ1) is 10.8. The van der Waals surface area contributed by atoms with Gasteiger partial charge in [0.15, 0.2) is 0 Å². The van der Waals surface area contributed by atoms with Gasteiger partial charge in [0.2, 0.25) is 0 Å². The molecule has 2 aliphatic heterocycles. The molecule has 2 heteroatoms. The Kier molecular flexibility index (Phi) is 2.96. The number of rotatable bonds is 1. The predicted molar refractivity (Wildman–Crippen MR) is 94.7 cm³/mol. The number of aliphatic imine (C=N–C) groups is 1. The smallest absolute Gasteiger partial charge is 0.124 e. The fourth-order valence-corrected chi connectivity index (χ4v) is 3.82. The van der Waals surface area contributed by atoms with Gasteiger partial charge in [-0.3, -0.25) is 4.99 Å². The second-order valence-corrected chi connectivity index (χ2v) is 7.93. The highest BCUT2D eigenvalue weighted by molar-refractivity contribution is 6.15. The molecule has 0 aliphatic carbocycles. The molecule has 2 nitrogen and oxygen atoms in total. The summed E-state index contributed by atoms with van der Waals surface area (Å²) >= 11 is 0. The number of ether oxygens (including phenoxy) is 1. The van der Waals surface area contributed by atoms with Crippen molar-refractivity contribution in [2.75, 3.05) is 0 Å². The lowest BCUT2D eigenvalue weighted by atomic mass is 9.81. The van der Waals surface area contributed by atoms with Gasteiger partial charge in [0.05, 0.1) is 11.3 Å². The van der Waals surface area contributed by atoms with Gasteiger partial charge < -0.3 is 4.74 Å². The third-order valence-electron chi connectivity index (χ3n) is 4.67. The second-order valence-electron chi connectivity index (χ2n) is 7.93. The van der Waals surface area contributed by atoms with Gasteiger partial charge in [-0.25, -0.2) is 0 Å². The lowest BCUT2D eigenvalue weighted by Gasteiger charge is -2.30. The number of fused-ring (bicyclic) bond motifs is 3. The van der Waals surface area contributed by atoms with Gasteiger partial charge in [0, 0.05) is 23.1 Å². The van der Waals surface area contributed by atoms with E-state index in [2.05, 4.69) is 70.2 Å². The van der Waals surface area contributed by atoms with Gasteiger partial charge in [-0.15, -0.1) is 0 Å². The van der Waals surface area contributed by atoms with E-state index in [1.165, 1.54) is 22.3 Å². The number of hydrogen-bond acceptors (Lipinski definition) is 2. The SMILES string of the molecule is CC1(C)Cc2ccc3c(c2C(c2ccccc2)=N1)CC(C)(C)O3. The van der Waals surface area contributed by atoms with Crippen LogP contribution in [0.2, 0.25) is 0 Å². The molecule has 0 aromatic heterocycles. The molecule has 2 heterocycles. The van der Waals surface area contributed by atoms with E-state index in [0.29, 0.717) is 0 Å². The maximum atomic E-state index is 6.14. The Bertz CT molecular complexity index is 800. The summed E-state index contributed by atoms with van der Waals surface area (Å²) in [6, 6.07) is 14.9. The molecule has 118 valence electrons. The normalized spacial score (nSPS) is 20.3. The summed E-state index contributed by atoms with van der Waals surface area (Å²) in [4.78, 5) is 5.11. The minimum absolute atomic E-state index is 0.0681. The highest BCUT2D eigenvalue weighted by atomic mass is 16.5. The minimum atomic E-state index is -0.133. The van der Waals surface area contributed by atoms with Gasteiger partial charge in [0.1, 0.15) is 11.4 Å². The Hall–Kier alpha value is -2.09. The van der Waals surface area contributed by atoms with Crippen LogP contribution in [-0.4, -0.2) is 16.9 Å². The summed E-state index contributed by atoms with van der Waals surface area (Å²) in [5.74, 6) is 1.03. The zero-order valence-electron chi connectivity index (χ0n) is 14.3. The van der Waals surface area contributed by atoms with Crippen molar-refractivity contribution in [3.8, 4) is 5.75 Å². The van der Waals surface area contributed by atoms with Crippen LogP contribution in [0, 0.1) is 0 Å². The molecule has 0 N–H and O–H groups in total. The molecular formula is C21H23NO. The van der Waals surface area contributed by atoms with Crippen LogP contribution in [0.1, 0.15) is 49.9 Å². The van der Waals surface area contributed by atoms with E-state index in [-0.39, 0.29) is 11.1 Å². The van der Waals surface area contributed by atoms with E-state index in [4.69, 9.17) is 9.73 Å². The third kappa shape index (κ3) is 2.46. The van der Waals surface area contributed by atoms with Crippen LogP contribution in [0.4, 0.5) is 0 Å². The Balaban J connectivity index is 1.95. The van der Waals surface area contributed by atoms with Gasteiger partial charge in [-0.05, 0) is 45.7 Å². The average molecular weight is 305 g/mol. The molecule has 0 unspecified atom stereocenters. The van der Waals surface area contributed by atoms with Crippen LogP contribution >= 0.6 is 0 Å². The number of benzene rings is 2. The summed E-state index contributed by atoms with van der Waals surface area (Å²) in [5, 5.41) is 0. The highest BCUT2D eigenvalue weighted by Crippen LogP contribution is 2.42. The van der Waals surface area contributed by atoms with Crippen molar-refractivity contribution in [1.82, 2.24) is 0 Å². The van der Waals surface area contributed by atoms with Crippen LogP contribution in [0.15, 0.2) is 47.5 Å². The lowest BCUT2D eigenvalue weighted by molar-refractivity contribution is 0.138. The van der Waals surface area contributed by atoms with Crippen molar-refractivity contribution >= 4 is 5.71 Å². The zero-order valence-corrected chi connectivity index (χ0v) is 14.3. The summed E-state index contributed by atoms with van der Waals surface area (Å²) in [6.07, 6.45) is 1.92. The molecule has 2 aromatic carbocycles. The van der Waals surface area contributed by atoms with E-state index in [9.17, 15) is 0 Å². The molecular weight excluding hydrogens is 282 g/mol. The summed E-state index contributed by atoms with van der Waals surface area (Å²) < 4.78 is 6.14. The molecule has 0 spiro atoms. The van der Waals surface area contributed by atoms with E-state index >= 15 is 0 Å². The van der Waals surface area contributed by atoms with Crippen LogP contribution in [0.5, 0.6) is 5.75 Å². The molecule has 2 aliphatic rings. The standard InChI is InChI=1S/C21H23NO/c1-20(2)12-15-10-11-17-16(13-21(3,4)23-17)18(15)19(22-20)14-8-6-5-7-9-14/h5-11H,12-13H2,1-4H3. The summed E-state index contributed by atoms with van der Waals surface area (Å²) in [6.45, 7) is 8.75. The largest absolute Gasteiger partial charge is 0.487 e. The van der Waals surface area contributed by atoms with Crippen LogP contribution in [0.25, 0.3) is 0 Å². The van der Waals surface area contributed by atoms with Crippen molar-refractivity contribution in [3.05, 3.63) is 64.7 Å². The topological polar surface area (TPSA) is 21.6 Å².